The summed E-state index contributed by atoms with van der Waals surface area (Å²) >= 11 is 0. The standard InChI is InChI=1S/C10H20N2O2/c1-7(2)6-9(11-8(3)13)10(14)12(4)5/h7,9H,6H2,1-5H3,(H,11,13)/t9-/m0/s1. The third kappa shape index (κ3) is 4.84. The second kappa shape index (κ2) is 5.62. The van der Waals surface area contributed by atoms with Gasteiger partial charge in [-0.2, -0.15) is 0 Å². The minimum atomic E-state index is -0.387. The van der Waals surface area contributed by atoms with Crippen molar-refractivity contribution in [1.82, 2.24) is 10.2 Å². The molecule has 0 fully saturated rings. The van der Waals surface area contributed by atoms with E-state index in [1.807, 2.05) is 13.8 Å². The van der Waals surface area contributed by atoms with Gasteiger partial charge in [0.15, 0.2) is 0 Å². The minimum Gasteiger partial charge on any atom is -0.347 e. The molecule has 1 atom stereocenters. The van der Waals surface area contributed by atoms with Crippen molar-refractivity contribution in [1.29, 1.82) is 0 Å². The molecule has 0 bridgehead atoms. The molecule has 4 heteroatoms. The van der Waals surface area contributed by atoms with E-state index in [1.165, 1.54) is 11.8 Å². The highest BCUT2D eigenvalue weighted by Gasteiger charge is 2.21. The lowest BCUT2D eigenvalue weighted by Crippen LogP contribution is -2.46. The Balaban J connectivity index is 4.38. The fourth-order valence-electron chi connectivity index (χ4n) is 1.25. The topological polar surface area (TPSA) is 49.4 Å². The molecule has 0 heterocycles. The fourth-order valence-corrected chi connectivity index (χ4v) is 1.25. The van der Waals surface area contributed by atoms with Crippen molar-refractivity contribution in [3.8, 4) is 0 Å². The maximum absolute atomic E-state index is 11.6. The zero-order valence-corrected chi connectivity index (χ0v) is 9.63. The molecule has 0 aromatic heterocycles. The molecule has 0 radical (unpaired) electrons. The van der Waals surface area contributed by atoms with Gasteiger partial charge in [0, 0.05) is 21.0 Å². The second-order valence-corrected chi connectivity index (χ2v) is 4.12. The number of likely N-dealkylation sites (N-methyl/N-ethyl adjacent to an activating group) is 1. The van der Waals surface area contributed by atoms with Crippen LogP contribution in [0.1, 0.15) is 27.2 Å². The van der Waals surface area contributed by atoms with E-state index in [-0.39, 0.29) is 17.9 Å². The number of nitrogens with one attached hydrogen (secondary N) is 1. The first-order chi connectivity index (χ1) is 6.34. The van der Waals surface area contributed by atoms with Crippen molar-refractivity contribution in [2.75, 3.05) is 14.1 Å². The molecule has 82 valence electrons. The summed E-state index contributed by atoms with van der Waals surface area (Å²) in [4.78, 5) is 24.0. The van der Waals surface area contributed by atoms with E-state index in [9.17, 15) is 9.59 Å². The normalized spacial score (nSPS) is 12.4. The highest BCUT2D eigenvalue weighted by Crippen LogP contribution is 2.06. The molecular weight excluding hydrogens is 180 g/mol. The predicted octanol–water partition coefficient (Wildman–Crippen LogP) is 0.625. The summed E-state index contributed by atoms with van der Waals surface area (Å²) in [6.45, 7) is 5.48. The molecule has 2 amide bonds. The maximum Gasteiger partial charge on any atom is 0.244 e. The van der Waals surface area contributed by atoms with Gasteiger partial charge in [0.25, 0.3) is 0 Å². The first-order valence-corrected chi connectivity index (χ1v) is 4.82. The minimum absolute atomic E-state index is 0.0473. The molecule has 0 aliphatic rings. The van der Waals surface area contributed by atoms with Crippen LogP contribution in [0.4, 0.5) is 0 Å². The van der Waals surface area contributed by atoms with E-state index < -0.39 is 0 Å². The van der Waals surface area contributed by atoms with Gasteiger partial charge in [0.1, 0.15) is 6.04 Å². The molecule has 0 rings (SSSR count). The molecule has 0 unspecified atom stereocenters. The maximum atomic E-state index is 11.6. The predicted molar refractivity (Wildman–Crippen MR) is 55.8 cm³/mol. The SMILES string of the molecule is CC(=O)N[C@@H](CC(C)C)C(=O)N(C)C. The summed E-state index contributed by atoms with van der Waals surface area (Å²) in [5.41, 5.74) is 0. The van der Waals surface area contributed by atoms with Crippen molar-refractivity contribution in [3.63, 3.8) is 0 Å². The van der Waals surface area contributed by atoms with Gasteiger partial charge in [-0.3, -0.25) is 9.59 Å². The Hall–Kier alpha value is -1.06. The smallest absolute Gasteiger partial charge is 0.244 e. The molecular formula is C10H20N2O2. The van der Waals surface area contributed by atoms with Crippen molar-refractivity contribution >= 4 is 11.8 Å². The number of hydrogen-bond donors (Lipinski definition) is 1. The molecule has 1 N–H and O–H groups in total. The van der Waals surface area contributed by atoms with Gasteiger partial charge in [-0.05, 0) is 12.3 Å². The van der Waals surface area contributed by atoms with Crippen LogP contribution in [0.25, 0.3) is 0 Å². The number of carbonyl (C=O) groups excluding carboxylic acids is 2. The summed E-state index contributed by atoms with van der Waals surface area (Å²) in [7, 11) is 3.38. The van der Waals surface area contributed by atoms with Crippen LogP contribution in [0.2, 0.25) is 0 Å². The first kappa shape index (κ1) is 12.9. The summed E-state index contributed by atoms with van der Waals surface area (Å²) in [5.74, 6) is 0.176. The van der Waals surface area contributed by atoms with Crippen molar-refractivity contribution in [2.24, 2.45) is 5.92 Å². The van der Waals surface area contributed by atoms with Crippen molar-refractivity contribution in [2.45, 2.75) is 33.2 Å². The van der Waals surface area contributed by atoms with Crippen LogP contribution in [-0.4, -0.2) is 36.9 Å². The van der Waals surface area contributed by atoms with Crippen LogP contribution >= 0.6 is 0 Å². The summed E-state index contributed by atoms with van der Waals surface area (Å²) in [6, 6.07) is -0.387. The molecule has 0 spiro atoms. The summed E-state index contributed by atoms with van der Waals surface area (Å²) < 4.78 is 0. The van der Waals surface area contributed by atoms with E-state index in [0.717, 1.165) is 0 Å². The monoisotopic (exact) mass is 200 g/mol. The zero-order valence-electron chi connectivity index (χ0n) is 9.63. The van der Waals surface area contributed by atoms with E-state index >= 15 is 0 Å². The van der Waals surface area contributed by atoms with Gasteiger partial charge in [-0.25, -0.2) is 0 Å². The van der Waals surface area contributed by atoms with Crippen molar-refractivity contribution < 1.29 is 9.59 Å². The van der Waals surface area contributed by atoms with E-state index in [4.69, 9.17) is 0 Å². The fraction of sp³-hybridized carbons (Fsp3) is 0.800. The number of hydrogen-bond acceptors (Lipinski definition) is 2. The Kier molecular flexibility index (Phi) is 5.20. The summed E-state index contributed by atoms with van der Waals surface area (Å²) in [6.07, 6.45) is 0.677. The zero-order chi connectivity index (χ0) is 11.3. The van der Waals surface area contributed by atoms with Crippen LogP contribution in [0.3, 0.4) is 0 Å². The lowest BCUT2D eigenvalue weighted by Gasteiger charge is -2.22. The third-order valence-corrected chi connectivity index (χ3v) is 1.82. The number of carbonyl (C=O) groups is 2. The molecule has 14 heavy (non-hydrogen) atoms. The number of amides is 2. The molecule has 0 aromatic carbocycles. The molecule has 0 saturated carbocycles. The van der Waals surface area contributed by atoms with Crippen LogP contribution in [0.5, 0.6) is 0 Å². The number of nitrogens with zero attached hydrogens (tertiary/aromatic N) is 1. The summed E-state index contributed by atoms with van der Waals surface area (Å²) in [5, 5.41) is 2.66. The van der Waals surface area contributed by atoms with Gasteiger partial charge in [0.2, 0.25) is 11.8 Å². The Morgan fingerprint density at radius 3 is 2.07 bits per heavy atom. The Morgan fingerprint density at radius 1 is 1.29 bits per heavy atom. The average molecular weight is 200 g/mol. The van der Waals surface area contributed by atoms with E-state index in [0.29, 0.717) is 12.3 Å². The quantitative estimate of drug-likeness (QED) is 0.723. The van der Waals surface area contributed by atoms with Gasteiger partial charge < -0.3 is 10.2 Å². The molecule has 0 aromatic rings. The van der Waals surface area contributed by atoms with Gasteiger partial charge >= 0.3 is 0 Å². The molecule has 4 nitrogen and oxygen atoms in total. The molecule has 0 saturated heterocycles. The second-order valence-electron chi connectivity index (χ2n) is 4.12. The average Bonchev–Trinajstić information content (AvgIpc) is 1.99. The van der Waals surface area contributed by atoms with E-state index in [2.05, 4.69) is 5.32 Å². The van der Waals surface area contributed by atoms with Crippen LogP contribution in [-0.2, 0) is 9.59 Å². The Bertz CT molecular complexity index is 212. The highest BCUT2D eigenvalue weighted by molar-refractivity contribution is 5.86. The first-order valence-electron chi connectivity index (χ1n) is 4.82. The lowest BCUT2D eigenvalue weighted by molar-refractivity contribution is -0.134. The van der Waals surface area contributed by atoms with Gasteiger partial charge in [-0.15, -0.1) is 0 Å². The van der Waals surface area contributed by atoms with Gasteiger partial charge in [0.05, 0.1) is 0 Å². The van der Waals surface area contributed by atoms with Crippen LogP contribution < -0.4 is 5.32 Å². The highest BCUT2D eigenvalue weighted by atomic mass is 16.2. The Morgan fingerprint density at radius 2 is 1.79 bits per heavy atom. The largest absolute Gasteiger partial charge is 0.347 e. The lowest BCUT2D eigenvalue weighted by atomic mass is 10.0. The van der Waals surface area contributed by atoms with Gasteiger partial charge in [-0.1, -0.05) is 13.8 Å². The van der Waals surface area contributed by atoms with Crippen LogP contribution in [0, 0.1) is 5.92 Å². The Labute approximate surface area is 85.7 Å². The number of rotatable bonds is 4. The third-order valence-electron chi connectivity index (χ3n) is 1.82. The molecule has 0 aliphatic carbocycles. The van der Waals surface area contributed by atoms with Crippen LogP contribution in [0.15, 0.2) is 0 Å². The van der Waals surface area contributed by atoms with E-state index in [1.54, 1.807) is 14.1 Å². The van der Waals surface area contributed by atoms with Crippen molar-refractivity contribution in [3.05, 3.63) is 0 Å². The molecule has 0 aliphatic heterocycles.